The van der Waals surface area contributed by atoms with Crippen LogP contribution in [0, 0.1) is 0 Å². The third-order valence-corrected chi connectivity index (χ3v) is 7.97. The lowest BCUT2D eigenvalue weighted by Gasteiger charge is -2.37. The molecule has 0 aliphatic rings. The van der Waals surface area contributed by atoms with Gasteiger partial charge in [-0.1, -0.05) is 20.8 Å². The van der Waals surface area contributed by atoms with Crippen LogP contribution in [0.5, 0.6) is 17.2 Å². The predicted molar refractivity (Wildman–Crippen MR) is 81.8 cm³/mol. The molecule has 0 saturated carbocycles. The van der Waals surface area contributed by atoms with Crippen LogP contribution in [0.15, 0.2) is 12.1 Å². The van der Waals surface area contributed by atoms with Gasteiger partial charge in [-0.2, -0.15) is 0 Å². The summed E-state index contributed by atoms with van der Waals surface area (Å²) in [6, 6.07) is 3.51. The largest absolute Gasteiger partial charge is 0.539 e. The summed E-state index contributed by atoms with van der Waals surface area (Å²) in [6.07, 6.45) is 0. The van der Waals surface area contributed by atoms with Crippen molar-refractivity contribution in [1.29, 1.82) is 0 Å². The van der Waals surface area contributed by atoms with Crippen LogP contribution in [0.25, 0.3) is 0 Å². The Labute approximate surface area is 117 Å². The zero-order valence-corrected chi connectivity index (χ0v) is 14.0. The van der Waals surface area contributed by atoms with E-state index in [9.17, 15) is 0 Å². The van der Waals surface area contributed by atoms with E-state index in [1.165, 1.54) is 0 Å². The molecule has 0 amide bonds. The van der Waals surface area contributed by atoms with Crippen molar-refractivity contribution in [2.45, 2.75) is 38.9 Å². The van der Waals surface area contributed by atoms with Crippen molar-refractivity contribution >= 4 is 14.0 Å². The van der Waals surface area contributed by atoms with Gasteiger partial charge < -0.3 is 19.6 Å². The maximum Gasteiger partial charge on any atom is 0.250 e. The van der Waals surface area contributed by atoms with E-state index in [4.69, 9.17) is 19.6 Å². The molecule has 0 aromatic heterocycles. The molecule has 0 radical (unpaired) electrons. The van der Waals surface area contributed by atoms with E-state index in [0.29, 0.717) is 22.9 Å². The maximum absolute atomic E-state index is 6.30. The van der Waals surface area contributed by atoms with Crippen LogP contribution >= 0.6 is 0 Å². The zero-order chi connectivity index (χ0) is 14.8. The summed E-state index contributed by atoms with van der Waals surface area (Å²) >= 11 is 0. The Balaban J connectivity index is 3.27. The fourth-order valence-electron chi connectivity index (χ4n) is 1.41. The minimum Gasteiger partial charge on any atom is -0.539 e. The van der Waals surface area contributed by atoms with Gasteiger partial charge in [-0.25, -0.2) is 0 Å². The number of hydrogen-bond acceptors (Lipinski definition) is 4. The van der Waals surface area contributed by atoms with Crippen LogP contribution < -0.4 is 19.6 Å². The molecule has 108 valence electrons. The molecule has 0 heterocycles. The number of nitrogens with two attached hydrogens (primary N) is 1. The molecule has 1 aromatic rings. The van der Waals surface area contributed by atoms with Gasteiger partial charge in [0.15, 0.2) is 17.2 Å². The van der Waals surface area contributed by atoms with Gasteiger partial charge in [0.1, 0.15) is 0 Å². The molecular formula is C14H25NO3Si. The Morgan fingerprint density at radius 3 is 1.74 bits per heavy atom. The molecule has 5 heteroatoms. The van der Waals surface area contributed by atoms with Gasteiger partial charge in [0.25, 0.3) is 8.32 Å². The quantitative estimate of drug-likeness (QED) is 0.676. The molecule has 0 saturated heterocycles. The molecule has 0 spiro atoms. The van der Waals surface area contributed by atoms with Gasteiger partial charge in [0.2, 0.25) is 0 Å². The second-order valence-electron chi connectivity index (χ2n) is 6.12. The lowest BCUT2D eigenvalue weighted by molar-refractivity contribution is 0.355. The Hall–Kier alpha value is -1.36. The molecule has 1 aromatic carbocycles. The van der Waals surface area contributed by atoms with Gasteiger partial charge >= 0.3 is 0 Å². The van der Waals surface area contributed by atoms with Crippen LogP contribution in [-0.2, 0) is 0 Å². The number of benzene rings is 1. The molecule has 19 heavy (non-hydrogen) atoms. The van der Waals surface area contributed by atoms with Crippen molar-refractivity contribution < 1.29 is 13.9 Å². The number of ether oxygens (including phenoxy) is 2. The molecule has 0 aliphatic carbocycles. The second kappa shape index (κ2) is 5.33. The minimum atomic E-state index is -1.96. The highest BCUT2D eigenvalue weighted by Gasteiger charge is 2.40. The topological polar surface area (TPSA) is 53.7 Å². The normalized spacial score (nSPS) is 12.2. The Bertz CT molecular complexity index is 427. The molecule has 1 rings (SSSR count). The fourth-order valence-corrected chi connectivity index (χ4v) is 2.43. The van der Waals surface area contributed by atoms with Crippen LogP contribution in [0.4, 0.5) is 5.69 Å². The summed E-state index contributed by atoms with van der Waals surface area (Å²) in [5, 5.41) is 0.102. The minimum absolute atomic E-state index is 0.102. The molecule has 0 atom stereocenters. The van der Waals surface area contributed by atoms with E-state index in [0.717, 1.165) is 0 Å². The van der Waals surface area contributed by atoms with E-state index in [1.807, 2.05) is 0 Å². The molecule has 0 bridgehead atoms. The first kappa shape index (κ1) is 15.7. The van der Waals surface area contributed by atoms with E-state index in [-0.39, 0.29) is 5.04 Å². The SMILES string of the molecule is COc1cc(N)cc(OC)c1O[Si](C)(C)C(C)(C)C. The van der Waals surface area contributed by atoms with Crippen molar-refractivity contribution in [3.8, 4) is 17.2 Å². The van der Waals surface area contributed by atoms with E-state index >= 15 is 0 Å². The fraction of sp³-hybridized carbons (Fsp3) is 0.571. The number of nitrogen functional groups attached to an aromatic ring is 1. The number of anilines is 1. The monoisotopic (exact) mass is 283 g/mol. The molecule has 4 nitrogen and oxygen atoms in total. The maximum atomic E-state index is 6.30. The third kappa shape index (κ3) is 3.35. The molecule has 0 fully saturated rings. The lowest BCUT2D eigenvalue weighted by atomic mass is 10.2. The van der Waals surface area contributed by atoms with Gasteiger partial charge in [-0.15, -0.1) is 0 Å². The van der Waals surface area contributed by atoms with Gasteiger partial charge in [-0.05, 0) is 18.1 Å². The number of hydrogen-bond donors (Lipinski definition) is 1. The van der Waals surface area contributed by atoms with Crippen molar-refractivity contribution in [1.82, 2.24) is 0 Å². The van der Waals surface area contributed by atoms with Crippen molar-refractivity contribution in [3.63, 3.8) is 0 Å². The standard InChI is InChI=1S/C14H25NO3Si/c1-14(2,3)19(6,7)18-13-11(16-4)8-10(15)9-12(13)17-5/h8-9H,15H2,1-7H3. The first-order valence-corrected chi connectivity index (χ1v) is 9.23. The first-order chi connectivity index (χ1) is 8.62. The van der Waals surface area contributed by atoms with Crippen molar-refractivity contribution in [3.05, 3.63) is 12.1 Å². The predicted octanol–water partition coefficient (Wildman–Crippen LogP) is 3.67. The number of methoxy groups -OCH3 is 2. The summed E-state index contributed by atoms with van der Waals surface area (Å²) in [7, 11) is 1.25. The number of rotatable bonds is 4. The van der Waals surface area contributed by atoms with Crippen LogP contribution in [0.2, 0.25) is 18.1 Å². The molecule has 0 aliphatic heterocycles. The Morgan fingerprint density at radius 1 is 1.00 bits per heavy atom. The van der Waals surface area contributed by atoms with Gasteiger partial charge in [0.05, 0.1) is 14.2 Å². The van der Waals surface area contributed by atoms with Crippen molar-refractivity contribution in [2.24, 2.45) is 0 Å². The average molecular weight is 283 g/mol. The summed E-state index contributed by atoms with van der Waals surface area (Å²) in [5.74, 6) is 1.87. The molecule has 2 N–H and O–H groups in total. The highest BCUT2D eigenvalue weighted by Crippen LogP contribution is 2.45. The van der Waals surface area contributed by atoms with Crippen LogP contribution in [-0.4, -0.2) is 22.5 Å². The Kier molecular flexibility index (Phi) is 4.40. The zero-order valence-electron chi connectivity index (χ0n) is 13.0. The van der Waals surface area contributed by atoms with Crippen LogP contribution in [0.3, 0.4) is 0 Å². The van der Waals surface area contributed by atoms with E-state index in [2.05, 4.69) is 33.9 Å². The summed E-state index contributed by atoms with van der Waals surface area (Å²) < 4.78 is 17.0. The summed E-state index contributed by atoms with van der Waals surface area (Å²) in [4.78, 5) is 0. The lowest BCUT2D eigenvalue weighted by Crippen LogP contribution is -2.44. The third-order valence-electron chi connectivity index (χ3n) is 3.65. The Morgan fingerprint density at radius 2 is 1.42 bits per heavy atom. The second-order valence-corrected chi connectivity index (χ2v) is 10.8. The highest BCUT2D eigenvalue weighted by molar-refractivity contribution is 6.74. The smallest absolute Gasteiger partial charge is 0.250 e. The van der Waals surface area contributed by atoms with Crippen molar-refractivity contribution in [2.75, 3.05) is 20.0 Å². The first-order valence-electron chi connectivity index (χ1n) is 6.33. The van der Waals surface area contributed by atoms with Crippen LogP contribution in [0.1, 0.15) is 20.8 Å². The molecular weight excluding hydrogens is 258 g/mol. The van der Waals surface area contributed by atoms with E-state index < -0.39 is 8.32 Å². The van der Waals surface area contributed by atoms with Gasteiger partial charge in [0, 0.05) is 17.8 Å². The summed E-state index contributed by atoms with van der Waals surface area (Å²) in [5.41, 5.74) is 6.42. The summed E-state index contributed by atoms with van der Waals surface area (Å²) in [6.45, 7) is 10.9. The van der Waals surface area contributed by atoms with Gasteiger partial charge in [-0.3, -0.25) is 0 Å². The average Bonchev–Trinajstić information content (AvgIpc) is 2.28. The van der Waals surface area contributed by atoms with E-state index in [1.54, 1.807) is 26.4 Å². The highest BCUT2D eigenvalue weighted by atomic mass is 28.4. The molecule has 0 unspecified atom stereocenters.